The Morgan fingerprint density at radius 3 is 1.00 bits per heavy atom. The topological polar surface area (TPSA) is 173 Å². The summed E-state index contributed by atoms with van der Waals surface area (Å²) in [7, 11) is 0. The fraction of sp³-hybridized carbons (Fsp3) is 0.429. The highest BCUT2D eigenvalue weighted by molar-refractivity contribution is 5.92. The lowest BCUT2D eigenvalue weighted by molar-refractivity contribution is -0.136. The lowest BCUT2D eigenvalue weighted by Crippen LogP contribution is -2.11. The van der Waals surface area contributed by atoms with Gasteiger partial charge in [-0.1, -0.05) is 165 Å². The molecule has 0 bridgehead atoms. The number of hydrogen-bond donors (Lipinski definition) is 0. The van der Waals surface area contributed by atoms with Crippen LogP contribution in [0.5, 0.6) is 34.5 Å². The third-order valence-electron chi connectivity index (χ3n) is 14.1. The number of esters is 4. The van der Waals surface area contributed by atoms with Crippen LogP contribution in [0, 0.1) is 13.8 Å². The van der Waals surface area contributed by atoms with Crippen molar-refractivity contribution >= 4 is 46.6 Å². The van der Waals surface area contributed by atoms with Crippen molar-refractivity contribution in [1.29, 1.82) is 0 Å². The van der Waals surface area contributed by atoms with Crippen LogP contribution in [-0.2, 0) is 9.59 Å². The first-order valence-electron chi connectivity index (χ1n) is 30.6. The number of benzene rings is 6. The van der Waals surface area contributed by atoms with Crippen LogP contribution in [0.2, 0.25) is 0 Å². The van der Waals surface area contributed by atoms with Gasteiger partial charge in [0.05, 0.1) is 35.7 Å². The number of ether oxygens (including phenoxy) is 6. The standard InChI is InChI=1S/C70H86N4O10/c1-5-7-9-11-13-15-17-19-21-25-49-79-59-41-33-55(34-42-59)69(77)81-61-45-47-63(73-71-57-37-29-53(3)30-38-57)65(51-61)83-67(75)27-23-24-28-68(76)84-66-52-62(46-48-64(66)74-72-58-39-31-54(4)32-40-58)82-70(78)56-35-43-60(44-36-56)80-50-26-22-20-18-16-14-12-10-8-6-2/h29-48,51-52H,5-28,49-50H2,1-4H3. The summed E-state index contributed by atoms with van der Waals surface area (Å²) in [5, 5.41) is 17.4. The van der Waals surface area contributed by atoms with Crippen molar-refractivity contribution < 1.29 is 47.6 Å². The summed E-state index contributed by atoms with van der Waals surface area (Å²) < 4.78 is 35.0. The van der Waals surface area contributed by atoms with Crippen LogP contribution in [0.1, 0.15) is 200 Å². The van der Waals surface area contributed by atoms with Crippen molar-refractivity contribution in [2.24, 2.45) is 20.5 Å². The first-order chi connectivity index (χ1) is 41.0. The van der Waals surface area contributed by atoms with Gasteiger partial charge in [-0.2, -0.15) is 10.2 Å². The number of unbranched alkanes of at least 4 members (excludes halogenated alkanes) is 19. The van der Waals surface area contributed by atoms with Gasteiger partial charge in [-0.3, -0.25) is 9.59 Å². The Morgan fingerprint density at radius 2 is 0.655 bits per heavy atom. The van der Waals surface area contributed by atoms with Gasteiger partial charge in [-0.25, -0.2) is 9.59 Å². The number of azo groups is 2. The minimum atomic E-state index is -0.607. The SMILES string of the molecule is CCCCCCCCCCCCOc1ccc(C(=O)Oc2ccc(N=Nc3ccc(C)cc3)c(OC(=O)CCCCC(=O)Oc3cc(OC(=O)c4ccc(OCCCCCCCCCCCC)cc4)ccc3N=Nc3ccc(C)cc3)c2)cc1. The first-order valence-corrected chi connectivity index (χ1v) is 30.6. The molecule has 0 radical (unpaired) electrons. The fourth-order valence-corrected chi connectivity index (χ4v) is 9.04. The van der Waals surface area contributed by atoms with Gasteiger partial charge in [-0.15, -0.1) is 10.2 Å². The molecule has 446 valence electrons. The molecule has 84 heavy (non-hydrogen) atoms. The van der Waals surface area contributed by atoms with E-state index in [-0.39, 0.29) is 60.1 Å². The molecule has 0 aliphatic carbocycles. The quantitative estimate of drug-likeness (QED) is 0.0156. The van der Waals surface area contributed by atoms with Crippen LogP contribution in [0.3, 0.4) is 0 Å². The molecule has 0 unspecified atom stereocenters. The molecule has 0 amide bonds. The molecule has 0 aliphatic heterocycles. The van der Waals surface area contributed by atoms with E-state index in [0.29, 0.717) is 47.2 Å². The zero-order chi connectivity index (χ0) is 59.4. The summed E-state index contributed by atoms with van der Waals surface area (Å²) in [6.07, 6.45) is 25.3. The Morgan fingerprint density at radius 1 is 0.333 bits per heavy atom. The Bertz CT molecular complexity index is 2770. The van der Waals surface area contributed by atoms with Crippen molar-refractivity contribution in [1.82, 2.24) is 0 Å². The lowest BCUT2D eigenvalue weighted by Gasteiger charge is -2.11. The average Bonchev–Trinajstić information content (AvgIpc) is 3.60. The molecule has 0 saturated heterocycles. The molecule has 0 fully saturated rings. The minimum absolute atomic E-state index is 0.0325. The maximum Gasteiger partial charge on any atom is 0.343 e. The summed E-state index contributed by atoms with van der Waals surface area (Å²) in [6.45, 7) is 9.64. The molecular weight excluding hydrogens is 1060 g/mol. The molecule has 0 saturated carbocycles. The number of carbonyl (C=O) groups is 4. The van der Waals surface area contributed by atoms with Crippen molar-refractivity contribution in [3.63, 3.8) is 0 Å². The van der Waals surface area contributed by atoms with Crippen LogP contribution in [0.15, 0.2) is 154 Å². The molecule has 6 aromatic carbocycles. The van der Waals surface area contributed by atoms with Gasteiger partial charge in [-0.05, 0) is 137 Å². The van der Waals surface area contributed by atoms with E-state index in [1.165, 1.54) is 115 Å². The van der Waals surface area contributed by atoms with E-state index in [1.54, 1.807) is 72.8 Å². The second-order valence-electron chi connectivity index (χ2n) is 21.4. The monoisotopic (exact) mass is 1140 g/mol. The number of carbonyl (C=O) groups excluding carboxylic acids is 4. The van der Waals surface area contributed by atoms with Crippen molar-refractivity contribution in [2.45, 2.75) is 182 Å². The third kappa shape index (κ3) is 25.2. The molecule has 6 rings (SSSR count). The second kappa shape index (κ2) is 38.0. The predicted molar refractivity (Wildman–Crippen MR) is 331 cm³/mol. The zero-order valence-electron chi connectivity index (χ0n) is 50.0. The van der Waals surface area contributed by atoms with E-state index in [4.69, 9.17) is 28.4 Å². The molecule has 6 aromatic rings. The highest BCUT2D eigenvalue weighted by atomic mass is 16.6. The summed E-state index contributed by atoms with van der Waals surface area (Å²) >= 11 is 0. The van der Waals surface area contributed by atoms with Crippen LogP contribution in [0.4, 0.5) is 22.7 Å². The summed E-state index contributed by atoms with van der Waals surface area (Å²) in [5.74, 6) is -0.751. The van der Waals surface area contributed by atoms with Gasteiger partial charge in [0.2, 0.25) is 0 Å². The molecule has 0 aliphatic rings. The Labute approximate surface area is 497 Å². The third-order valence-corrected chi connectivity index (χ3v) is 14.1. The second-order valence-corrected chi connectivity index (χ2v) is 21.4. The molecule has 0 N–H and O–H groups in total. The maximum atomic E-state index is 13.4. The Kier molecular flexibility index (Phi) is 29.5. The van der Waals surface area contributed by atoms with E-state index in [2.05, 4.69) is 34.3 Å². The smallest absolute Gasteiger partial charge is 0.343 e. The van der Waals surface area contributed by atoms with Gasteiger partial charge in [0.1, 0.15) is 34.4 Å². The molecule has 14 heteroatoms. The highest BCUT2D eigenvalue weighted by Crippen LogP contribution is 2.36. The Hall–Kier alpha value is -8.00. The van der Waals surface area contributed by atoms with E-state index in [1.807, 2.05) is 62.4 Å². The fourth-order valence-electron chi connectivity index (χ4n) is 9.04. The average molecular weight is 1140 g/mol. The van der Waals surface area contributed by atoms with Crippen molar-refractivity contribution in [3.05, 3.63) is 156 Å². The van der Waals surface area contributed by atoms with E-state index in [9.17, 15) is 19.2 Å². The predicted octanol–water partition coefficient (Wildman–Crippen LogP) is 20.2. The van der Waals surface area contributed by atoms with E-state index >= 15 is 0 Å². The van der Waals surface area contributed by atoms with Crippen LogP contribution in [-0.4, -0.2) is 37.1 Å². The van der Waals surface area contributed by atoms with Gasteiger partial charge < -0.3 is 28.4 Å². The summed E-state index contributed by atoms with van der Waals surface area (Å²) in [5.41, 5.74) is 4.40. The van der Waals surface area contributed by atoms with E-state index in [0.717, 1.165) is 36.8 Å². The molecular formula is C70H86N4O10. The molecule has 0 aromatic heterocycles. The lowest BCUT2D eigenvalue weighted by atomic mass is 10.1. The van der Waals surface area contributed by atoms with Gasteiger partial charge in [0.15, 0.2) is 11.5 Å². The number of hydrogen-bond acceptors (Lipinski definition) is 14. The van der Waals surface area contributed by atoms with Crippen molar-refractivity contribution in [3.8, 4) is 34.5 Å². The normalized spacial score (nSPS) is 11.2. The summed E-state index contributed by atoms with van der Waals surface area (Å²) in [4.78, 5) is 53.5. The summed E-state index contributed by atoms with van der Waals surface area (Å²) in [6, 6.07) is 37.6. The number of nitrogens with zero attached hydrogens (tertiary/aromatic N) is 4. The maximum absolute atomic E-state index is 13.4. The molecule has 14 nitrogen and oxygen atoms in total. The largest absolute Gasteiger partial charge is 0.494 e. The van der Waals surface area contributed by atoms with Crippen LogP contribution >= 0.6 is 0 Å². The zero-order valence-corrected chi connectivity index (χ0v) is 50.0. The van der Waals surface area contributed by atoms with E-state index < -0.39 is 23.9 Å². The number of aryl methyl sites for hydroxylation is 2. The molecule has 0 heterocycles. The van der Waals surface area contributed by atoms with Crippen LogP contribution in [0.25, 0.3) is 0 Å². The highest BCUT2D eigenvalue weighted by Gasteiger charge is 2.18. The van der Waals surface area contributed by atoms with Crippen molar-refractivity contribution in [2.75, 3.05) is 13.2 Å². The Balaban J connectivity index is 0.999. The van der Waals surface area contributed by atoms with Gasteiger partial charge >= 0.3 is 23.9 Å². The van der Waals surface area contributed by atoms with Gasteiger partial charge in [0, 0.05) is 25.0 Å². The first kappa shape index (κ1) is 65.2. The van der Waals surface area contributed by atoms with Gasteiger partial charge in [0.25, 0.3) is 0 Å². The van der Waals surface area contributed by atoms with Crippen LogP contribution < -0.4 is 28.4 Å². The molecule has 0 spiro atoms. The molecule has 0 atom stereocenters. The minimum Gasteiger partial charge on any atom is -0.494 e. The number of rotatable bonds is 39.